The lowest BCUT2D eigenvalue weighted by Gasteiger charge is -2.20. The topological polar surface area (TPSA) is 217 Å². The van der Waals surface area contributed by atoms with Crippen molar-refractivity contribution in [2.24, 2.45) is 0 Å². The van der Waals surface area contributed by atoms with Crippen LogP contribution in [0, 0.1) is 22.7 Å². The molecule has 16 nitrogen and oxygen atoms in total. The van der Waals surface area contributed by atoms with Crippen LogP contribution in [0.15, 0.2) is 194 Å². The first-order valence-electron chi connectivity index (χ1n) is 24.5. The summed E-state index contributed by atoms with van der Waals surface area (Å²) >= 11 is 0. The minimum absolute atomic E-state index is 0.207. The first kappa shape index (κ1) is 53.2. The number of carbonyl (C=O) groups excluding carboxylic acids is 2. The number of amides is 2. The third-order valence-electron chi connectivity index (χ3n) is 12.4. The van der Waals surface area contributed by atoms with Crippen LogP contribution in [0.25, 0.3) is 0 Å². The molecule has 2 fully saturated rings. The first-order valence-corrected chi connectivity index (χ1v) is 27.4. The fourth-order valence-electron chi connectivity index (χ4n) is 8.63. The largest absolute Gasteiger partial charge is 0.488 e. The van der Waals surface area contributed by atoms with Crippen molar-refractivity contribution >= 4 is 43.6 Å². The van der Waals surface area contributed by atoms with E-state index < -0.39 is 32.2 Å². The second kappa shape index (κ2) is 24.4. The summed E-state index contributed by atoms with van der Waals surface area (Å²) < 4.78 is 80.3. The van der Waals surface area contributed by atoms with E-state index in [1.54, 1.807) is 48.5 Å². The van der Waals surface area contributed by atoms with E-state index >= 15 is 0 Å². The Labute approximate surface area is 452 Å². The van der Waals surface area contributed by atoms with Crippen molar-refractivity contribution in [3.63, 3.8) is 0 Å². The van der Waals surface area contributed by atoms with Crippen molar-refractivity contribution < 1.29 is 45.4 Å². The molecular weight excluding hydrogens is 1030 g/mol. The maximum atomic E-state index is 12.5. The number of benzene rings is 8. The van der Waals surface area contributed by atoms with Crippen molar-refractivity contribution in [2.45, 2.75) is 39.3 Å². The monoisotopic (exact) mass is 1080 g/mol. The zero-order valence-corrected chi connectivity index (χ0v) is 43.5. The standard InChI is InChI=1S/2C30H25N3O5S/c2*31-18-26-25(12-7-13-28(26)37-20-22-8-3-1-4-9-22)16-24-14-15-27(33-19-30(34)32-39(33,35)36)29(17-24)38-21-23-10-5-2-6-11-23/h2*1-15,17H,16,19-21H2,(H,32,34). The van der Waals surface area contributed by atoms with Crippen LogP contribution in [0.1, 0.15) is 55.6 Å². The van der Waals surface area contributed by atoms with Gasteiger partial charge >= 0.3 is 20.4 Å². The number of hydrogen-bond acceptors (Lipinski definition) is 12. The number of hydrogen-bond donors (Lipinski definition) is 2. The number of rotatable bonds is 18. The third-order valence-corrected chi connectivity index (χ3v) is 15.2. The molecule has 8 aromatic rings. The number of carbonyl (C=O) groups is 2. The van der Waals surface area contributed by atoms with Gasteiger partial charge in [-0.05, 0) is 93.7 Å². The maximum absolute atomic E-state index is 12.5. The summed E-state index contributed by atoms with van der Waals surface area (Å²) in [6.45, 7) is 0.424. The Hall–Kier alpha value is -9.62. The van der Waals surface area contributed by atoms with Gasteiger partial charge in [0.15, 0.2) is 0 Å². The van der Waals surface area contributed by atoms with Crippen molar-refractivity contribution in [3.05, 3.63) is 250 Å². The van der Waals surface area contributed by atoms with Gasteiger partial charge in [-0.15, -0.1) is 0 Å². The highest BCUT2D eigenvalue weighted by atomic mass is 32.2. The number of nitriles is 2. The molecule has 0 unspecified atom stereocenters. The van der Waals surface area contributed by atoms with E-state index in [0.29, 0.717) is 60.2 Å². The van der Waals surface area contributed by atoms with E-state index in [1.165, 1.54) is 0 Å². The van der Waals surface area contributed by atoms with E-state index in [9.17, 15) is 36.9 Å². The number of anilines is 2. The van der Waals surface area contributed by atoms with Gasteiger partial charge in [0, 0.05) is 0 Å². The Morgan fingerprint density at radius 2 is 0.718 bits per heavy atom. The summed E-state index contributed by atoms with van der Waals surface area (Å²) in [5, 5.41) is 19.9. The summed E-state index contributed by atoms with van der Waals surface area (Å²) in [4.78, 5) is 23.7. The van der Waals surface area contributed by atoms with Gasteiger partial charge in [-0.2, -0.15) is 27.4 Å². The third kappa shape index (κ3) is 13.2. The Bertz CT molecular complexity index is 3520. The normalized spacial score (nSPS) is 13.9. The molecule has 8 aromatic carbocycles. The van der Waals surface area contributed by atoms with E-state index in [2.05, 4.69) is 12.1 Å². The molecular formula is C60H50N6O10S2. The van der Waals surface area contributed by atoms with Crippen LogP contribution in [-0.4, -0.2) is 41.7 Å². The first-order chi connectivity index (χ1) is 37.8. The summed E-state index contributed by atoms with van der Waals surface area (Å²) in [5.74, 6) is 0.378. The van der Waals surface area contributed by atoms with E-state index in [1.807, 2.05) is 155 Å². The fraction of sp³-hybridized carbons (Fsp3) is 0.133. The second-order valence-corrected chi connectivity index (χ2v) is 21.1. The Morgan fingerprint density at radius 1 is 0.397 bits per heavy atom. The van der Waals surface area contributed by atoms with Crippen LogP contribution in [0.5, 0.6) is 23.0 Å². The maximum Gasteiger partial charge on any atom is 0.326 e. The lowest BCUT2D eigenvalue weighted by atomic mass is 9.99. The average molecular weight is 1080 g/mol. The number of ether oxygens (including phenoxy) is 4. The highest BCUT2D eigenvalue weighted by Gasteiger charge is 2.37. The molecule has 2 saturated heterocycles. The van der Waals surface area contributed by atoms with E-state index in [4.69, 9.17) is 18.9 Å². The quantitative estimate of drug-likeness (QED) is 0.0823. The molecule has 0 radical (unpaired) electrons. The molecule has 0 aromatic heterocycles. The van der Waals surface area contributed by atoms with Crippen LogP contribution in [0.2, 0.25) is 0 Å². The van der Waals surface area contributed by atoms with Crippen LogP contribution >= 0.6 is 0 Å². The summed E-state index contributed by atoms with van der Waals surface area (Å²) in [6.07, 6.45) is 0.772. The zero-order valence-electron chi connectivity index (χ0n) is 41.8. The summed E-state index contributed by atoms with van der Waals surface area (Å²) in [5.41, 5.74) is 8.30. The molecule has 18 heteroatoms. The minimum Gasteiger partial charge on any atom is -0.488 e. The lowest BCUT2D eigenvalue weighted by Crippen LogP contribution is -2.29. The van der Waals surface area contributed by atoms with Crippen LogP contribution in [0.3, 0.4) is 0 Å². The fourth-order valence-corrected chi connectivity index (χ4v) is 10.9. The number of nitrogens with one attached hydrogen (secondary N) is 2. The SMILES string of the molecule is N#Cc1c(Cc2ccc(N3CC(=O)NS3(=O)=O)c(OCc3ccccc3)c2)cccc1OCc1ccccc1.N#Cc1c(Cc2ccc(N3CC(=O)NS3(=O)=O)c(OCc3ccccc3)c2)cccc1OCc1ccccc1. The second-order valence-electron chi connectivity index (χ2n) is 17.9. The van der Waals surface area contributed by atoms with Gasteiger partial charge < -0.3 is 18.9 Å². The van der Waals surface area contributed by atoms with E-state index in [0.717, 1.165) is 53.1 Å². The van der Waals surface area contributed by atoms with Gasteiger partial charge in [0.05, 0.1) is 22.5 Å². The molecule has 0 bridgehead atoms. The minimum atomic E-state index is -4.02. The highest BCUT2D eigenvalue weighted by Crippen LogP contribution is 2.37. The number of nitrogens with zero attached hydrogens (tertiary/aromatic N) is 4. The predicted molar refractivity (Wildman–Crippen MR) is 293 cm³/mol. The Kier molecular flexibility index (Phi) is 16.6. The lowest BCUT2D eigenvalue weighted by molar-refractivity contribution is -0.118. The molecule has 2 aliphatic heterocycles. The van der Waals surface area contributed by atoms with Crippen molar-refractivity contribution in [1.29, 1.82) is 10.5 Å². The van der Waals surface area contributed by atoms with Gasteiger partial charge in [0.25, 0.3) is 11.8 Å². The molecule has 10 rings (SSSR count). The van der Waals surface area contributed by atoms with Gasteiger partial charge in [0.2, 0.25) is 0 Å². The van der Waals surface area contributed by atoms with Gasteiger partial charge in [-0.1, -0.05) is 158 Å². The van der Waals surface area contributed by atoms with Crippen molar-refractivity contribution in [2.75, 3.05) is 21.7 Å². The molecule has 2 aliphatic rings. The van der Waals surface area contributed by atoms with Crippen LogP contribution in [-0.2, 0) is 69.3 Å². The predicted octanol–water partition coefficient (Wildman–Crippen LogP) is 8.98. The molecule has 0 spiro atoms. The van der Waals surface area contributed by atoms with Gasteiger partial charge in [-0.25, -0.2) is 18.1 Å². The highest BCUT2D eigenvalue weighted by molar-refractivity contribution is 7.92. The molecule has 0 atom stereocenters. The summed E-state index contributed by atoms with van der Waals surface area (Å²) in [6, 6.07) is 64.1. The van der Waals surface area contributed by atoms with E-state index in [-0.39, 0.29) is 37.7 Å². The van der Waals surface area contributed by atoms with Crippen LogP contribution in [0.4, 0.5) is 11.4 Å². The van der Waals surface area contributed by atoms with Crippen molar-refractivity contribution in [1.82, 2.24) is 9.44 Å². The zero-order chi connectivity index (χ0) is 54.5. The molecule has 2 N–H and O–H groups in total. The van der Waals surface area contributed by atoms with Crippen molar-refractivity contribution in [3.8, 4) is 35.1 Å². The smallest absolute Gasteiger partial charge is 0.326 e. The van der Waals surface area contributed by atoms with Crippen LogP contribution < -0.4 is 37.0 Å². The molecule has 78 heavy (non-hydrogen) atoms. The molecule has 2 amide bonds. The van der Waals surface area contributed by atoms with Gasteiger partial charge in [0.1, 0.15) is 74.7 Å². The molecule has 0 aliphatic carbocycles. The molecule has 2 heterocycles. The Morgan fingerprint density at radius 3 is 1.01 bits per heavy atom. The van der Waals surface area contributed by atoms with Gasteiger partial charge in [-0.3, -0.25) is 9.59 Å². The molecule has 392 valence electrons. The molecule has 0 saturated carbocycles. The Balaban J connectivity index is 0.000000190. The average Bonchev–Trinajstić information content (AvgIpc) is 3.92. The summed E-state index contributed by atoms with van der Waals surface area (Å²) in [7, 11) is -8.04.